The van der Waals surface area contributed by atoms with Crippen LogP contribution in [0.4, 0.5) is 8.78 Å². The molecule has 0 N–H and O–H groups in total. The van der Waals surface area contributed by atoms with Crippen molar-refractivity contribution < 1.29 is 13.6 Å². The Balaban J connectivity index is 3.52. The molecule has 0 aliphatic carbocycles. The normalized spacial score (nSPS) is 10.4. The summed E-state index contributed by atoms with van der Waals surface area (Å²) in [5.74, 6) is -1.25. The van der Waals surface area contributed by atoms with Gasteiger partial charge in [-0.25, -0.2) is 0 Å². The Bertz CT molecular complexity index is 104. The lowest BCUT2D eigenvalue weighted by Crippen LogP contribution is -2.12. The van der Waals surface area contributed by atoms with Crippen molar-refractivity contribution in [2.45, 2.75) is 6.42 Å². The zero-order chi connectivity index (χ0) is 7.98. The molecule has 4 heteroatoms. The Morgan fingerprint density at radius 3 is 2.20 bits per heavy atom. The first-order chi connectivity index (χ1) is 4.74. The summed E-state index contributed by atoms with van der Waals surface area (Å²) in [5, 5.41) is 0. The molecule has 0 rings (SSSR count). The number of carbonyl (C=O) groups excluding carboxylic acids is 1. The lowest BCUT2D eigenvalue weighted by atomic mass is 10.1. The molecular formula is C6H9ClF2O. The van der Waals surface area contributed by atoms with E-state index >= 15 is 0 Å². The summed E-state index contributed by atoms with van der Waals surface area (Å²) in [7, 11) is 0. The molecule has 0 heterocycles. The largest absolute Gasteiger partial charge is 0.298 e. The van der Waals surface area contributed by atoms with Crippen molar-refractivity contribution in [3.8, 4) is 0 Å². The van der Waals surface area contributed by atoms with Gasteiger partial charge in [0, 0.05) is 12.3 Å². The molecule has 0 aromatic carbocycles. The Labute approximate surface area is 63.4 Å². The smallest absolute Gasteiger partial charge is 0.148 e. The van der Waals surface area contributed by atoms with Crippen LogP contribution in [-0.2, 0) is 4.79 Å². The number of halogens is 3. The molecule has 0 aliphatic heterocycles. The maximum absolute atomic E-state index is 11.7. The van der Waals surface area contributed by atoms with E-state index in [2.05, 4.69) is 0 Å². The predicted octanol–water partition coefficient (Wildman–Crippen LogP) is 1.74. The first-order valence-electron chi connectivity index (χ1n) is 2.94. The third-order valence-electron chi connectivity index (χ3n) is 1.10. The molecule has 0 spiro atoms. The average Bonchev–Trinajstić information content (AvgIpc) is 1.99. The molecule has 60 valence electrons. The standard InChI is InChI=1S/C6H9ClF2O/c7-2-6(10)1-5(3-8)4-9/h5H,1-4H2. The van der Waals surface area contributed by atoms with Crippen LogP contribution in [0.15, 0.2) is 0 Å². The van der Waals surface area contributed by atoms with E-state index in [9.17, 15) is 13.6 Å². The summed E-state index contributed by atoms with van der Waals surface area (Å²) in [6, 6.07) is 0. The van der Waals surface area contributed by atoms with E-state index in [-0.39, 0.29) is 18.1 Å². The number of rotatable bonds is 5. The topological polar surface area (TPSA) is 17.1 Å². The van der Waals surface area contributed by atoms with E-state index in [0.717, 1.165) is 0 Å². The highest BCUT2D eigenvalue weighted by molar-refractivity contribution is 6.27. The number of hydrogen-bond donors (Lipinski definition) is 0. The molecule has 0 aromatic heterocycles. The lowest BCUT2D eigenvalue weighted by Gasteiger charge is -2.04. The van der Waals surface area contributed by atoms with E-state index in [4.69, 9.17) is 11.6 Å². The maximum Gasteiger partial charge on any atom is 0.148 e. The van der Waals surface area contributed by atoms with Crippen molar-refractivity contribution in [3.05, 3.63) is 0 Å². The zero-order valence-electron chi connectivity index (χ0n) is 5.45. The first kappa shape index (κ1) is 9.82. The fraction of sp³-hybridized carbons (Fsp3) is 0.833. The fourth-order valence-electron chi connectivity index (χ4n) is 0.527. The van der Waals surface area contributed by atoms with Crippen molar-refractivity contribution in [3.63, 3.8) is 0 Å². The minimum absolute atomic E-state index is 0.0868. The molecule has 10 heavy (non-hydrogen) atoms. The minimum atomic E-state index is -0.793. The molecule has 0 fully saturated rings. The predicted molar refractivity (Wildman–Crippen MR) is 35.8 cm³/mol. The van der Waals surface area contributed by atoms with Crippen molar-refractivity contribution in [1.29, 1.82) is 0 Å². The van der Waals surface area contributed by atoms with Gasteiger partial charge in [-0.3, -0.25) is 13.6 Å². The van der Waals surface area contributed by atoms with Crippen LogP contribution in [0.3, 0.4) is 0 Å². The highest BCUT2D eigenvalue weighted by Crippen LogP contribution is 2.05. The highest BCUT2D eigenvalue weighted by Gasteiger charge is 2.11. The zero-order valence-corrected chi connectivity index (χ0v) is 6.20. The lowest BCUT2D eigenvalue weighted by molar-refractivity contribution is -0.117. The molecular weight excluding hydrogens is 162 g/mol. The summed E-state index contributed by atoms with van der Waals surface area (Å²) in [6.07, 6.45) is -0.0868. The van der Waals surface area contributed by atoms with Gasteiger partial charge < -0.3 is 0 Å². The molecule has 0 saturated heterocycles. The monoisotopic (exact) mass is 170 g/mol. The van der Waals surface area contributed by atoms with Gasteiger partial charge in [0.05, 0.1) is 19.2 Å². The SMILES string of the molecule is O=C(CCl)CC(CF)CF. The van der Waals surface area contributed by atoms with Crippen LogP contribution in [0.2, 0.25) is 0 Å². The molecule has 0 aromatic rings. The molecule has 0 aliphatic rings. The highest BCUT2D eigenvalue weighted by atomic mass is 35.5. The Morgan fingerprint density at radius 2 is 1.90 bits per heavy atom. The molecule has 0 bridgehead atoms. The van der Waals surface area contributed by atoms with Crippen molar-refractivity contribution in [2.24, 2.45) is 5.92 Å². The third-order valence-corrected chi connectivity index (χ3v) is 1.40. The van der Waals surface area contributed by atoms with E-state index < -0.39 is 19.3 Å². The fourth-order valence-corrected chi connectivity index (χ4v) is 0.636. The van der Waals surface area contributed by atoms with Gasteiger partial charge in [-0.15, -0.1) is 11.6 Å². The average molecular weight is 171 g/mol. The van der Waals surface area contributed by atoms with Crippen molar-refractivity contribution in [1.82, 2.24) is 0 Å². The summed E-state index contributed by atoms with van der Waals surface area (Å²) in [6.45, 7) is -1.59. The van der Waals surface area contributed by atoms with Gasteiger partial charge in [-0.2, -0.15) is 0 Å². The quantitative estimate of drug-likeness (QED) is 0.575. The Morgan fingerprint density at radius 1 is 1.40 bits per heavy atom. The summed E-state index contributed by atoms with van der Waals surface area (Å²) in [5.41, 5.74) is 0. The van der Waals surface area contributed by atoms with E-state index in [0.29, 0.717) is 0 Å². The maximum atomic E-state index is 11.7. The van der Waals surface area contributed by atoms with Crippen molar-refractivity contribution >= 4 is 17.4 Å². The van der Waals surface area contributed by atoms with Crippen LogP contribution in [0.25, 0.3) is 0 Å². The van der Waals surface area contributed by atoms with Crippen LogP contribution in [-0.4, -0.2) is 25.0 Å². The third kappa shape index (κ3) is 3.77. The number of ketones is 1. The van der Waals surface area contributed by atoms with Crippen LogP contribution in [0.5, 0.6) is 0 Å². The molecule has 1 nitrogen and oxygen atoms in total. The van der Waals surface area contributed by atoms with Gasteiger partial charge in [-0.05, 0) is 0 Å². The summed E-state index contributed by atoms with van der Waals surface area (Å²) in [4.78, 5) is 10.5. The Hall–Kier alpha value is -0.180. The number of carbonyl (C=O) groups is 1. The second-order valence-electron chi connectivity index (χ2n) is 2.05. The van der Waals surface area contributed by atoms with Gasteiger partial charge in [0.2, 0.25) is 0 Å². The number of alkyl halides is 3. The van der Waals surface area contributed by atoms with Crippen molar-refractivity contribution in [2.75, 3.05) is 19.2 Å². The number of hydrogen-bond acceptors (Lipinski definition) is 1. The summed E-state index contributed by atoms with van der Waals surface area (Å²) >= 11 is 5.12. The van der Waals surface area contributed by atoms with Crippen LogP contribution >= 0.6 is 11.6 Å². The van der Waals surface area contributed by atoms with Gasteiger partial charge in [0.25, 0.3) is 0 Å². The molecule has 0 radical (unpaired) electrons. The second kappa shape index (κ2) is 5.59. The Kier molecular flexibility index (Phi) is 5.49. The second-order valence-corrected chi connectivity index (χ2v) is 2.32. The summed E-state index contributed by atoms with van der Waals surface area (Å²) < 4.78 is 23.4. The van der Waals surface area contributed by atoms with Gasteiger partial charge in [0.15, 0.2) is 0 Å². The first-order valence-corrected chi connectivity index (χ1v) is 3.47. The molecule has 0 saturated carbocycles. The molecule has 0 atom stereocenters. The van der Waals surface area contributed by atoms with E-state index in [1.165, 1.54) is 0 Å². The number of Topliss-reactive ketones (excluding diaryl/α,β-unsaturated/α-hetero) is 1. The van der Waals surface area contributed by atoms with Crippen LogP contribution in [0, 0.1) is 5.92 Å². The van der Waals surface area contributed by atoms with Gasteiger partial charge in [-0.1, -0.05) is 0 Å². The van der Waals surface area contributed by atoms with Crippen LogP contribution < -0.4 is 0 Å². The van der Waals surface area contributed by atoms with E-state index in [1.54, 1.807) is 0 Å². The minimum Gasteiger partial charge on any atom is -0.298 e. The van der Waals surface area contributed by atoms with Gasteiger partial charge in [0.1, 0.15) is 5.78 Å². The molecule has 0 amide bonds. The van der Waals surface area contributed by atoms with Gasteiger partial charge >= 0.3 is 0 Å². The van der Waals surface area contributed by atoms with Crippen LogP contribution in [0.1, 0.15) is 6.42 Å². The van der Waals surface area contributed by atoms with E-state index in [1.807, 2.05) is 0 Å². The molecule has 0 unspecified atom stereocenters.